The van der Waals surface area contributed by atoms with Crippen LogP contribution in [0.2, 0.25) is 0 Å². The molecule has 96 valence electrons. The van der Waals surface area contributed by atoms with Crippen LogP contribution in [0.5, 0.6) is 0 Å². The molecule has 0 unspecified atom stereocenters. The molecule has 0 saturated carbocycles. The third-order valence-electron chi connectivity index (χ3n) is 1.47. The van der Waals surface area contributed by atoms with Crippen molar-refractivity contribution in [1.82, 2.24) is 0 Å². The second-order valence-electron chi connectivity index (χ2n) is 2.55. The summed E-state index contributed by atoms with van der Waals surface area (Å²) >= 11 is 2.52. The Hall–Kier alpha value is 0.520. The van der Waals surface area contributed by atoms with E-state index in [0.29, 0.717) is 9.99 Å². The Morgan fingerprint density at radius 3 is 2.06 bits per heavy atom. The zero-order valence-electron chi connectivity index (χ0n) is 9.99. The van der Waals surface area contributed by atoms with E-state index in [0.717, 1.165) is 0 Å². The Bertz CT molecular complexity index is 274. The van der Waals surface area contributed by atoms with Crippen molar-refractivity contribution in [2.45, 2.75) is 20.8 Å². The first-order valence-electron chi connectivity index (χ1n) is 5.01. The summed E-state index contributed by atoms with van der Waals surface area (Å²) < 4.78 is 36.3. The van der Waals surface area contributed by atoms with Gasteiger partial charge in [-0.05, 0) is 25.9 Å². The molecular weight excluding hydrogens is 270 g/mol. The first-order chi connectivity index (χ1) is 7.55. The normalized spacial score (nSPS) is 13.8. The highest BCUT2D eigenvalue weighted by Crippen LogP contribution is 2.60. The van der Waals surface area contributed by atoms with Gasteiger partial charge in [-0.3, -0.25) is 4.57 Å². The lowest BCUT2D eigenvalue weighted by Gasteiger charge is -2.16. The Morgan fingerprint density at radius 1 is 1.25 bits per heavy atom. The minimum Gasteiger partial charge on any atom is -0.304 e. The van der Waals surface area contributed by atoms with Gasteiger partial charge >= 0.3 is 7.60 Å². The van der Waals surface area contributed by atoms with Crippen LogP contribution >= 0.6 is 31.1 Å². The van der Waals surface area contributed by atoms with Crippen molar-refractivity contribution in [3.8, 4) is 0 Å². The summed E-state index contributed by atoms with van der Waals surface area (Å²) in [6.45, 7) is 5.53. The van der Waals surface area contributed by atoms with Gasteiger partial charge in [-0.25, -0.2) is 0 Å². The number of thioether (sulfide) groups is 2. The molecule has 16 heavy (non-hydrogen) atoms. The highest BCUT2D eigenvalue weighted by Gasteiger charge is 2.33. The maximum absolute atomic E-state index is 14.0. The van der Waals surface area contributed by atoms with Gasteiger partial charge < -0.3 is 9.05 Å². The quantitative estimate of drug-likeness (QED) is 0.616. The predicted octanol–water partition coefficient (Wildman–Crippen LogP) is 4.46. The number of hydrogen-bond donors (Lipinski definition) is 0. The average Bonchev–Trinajstić information content (AvgIpc) is 2.25. The van der Waals surface area contributed by atoms with Crippen LogP contribution in [0.1, 0.15) is 20.8 Å². The lowest BCUT2D eigenvalue weighted by atomic mass is 10.9. The molecule has 0 radical (unpaired) electrons. The molecule has 0 rings (SSSR count). The van der Waals surface area contributed by atoms with Crippen molar-refractivity contribution < 1.29 is 18.0 Å². The molecule has 0 fully saturated rings. The molecule has 0 bridgehead atoms. The van der Waals surface area contributed by atoms with Gasteiger partial charge in [0, 0.05) is 0 Å². The zero-order valence-corrected chi connectivity index (χ0v) is 12.5. The van der Waals surface area contributed by atoms with Gasteiger partial charge in [0.25, 0.3) is 0 Å². The van der Waals surface area contributed by atoms with Gasteiger partial charge in [0.15, 0.2) is 0 Å². The van der Waals surface area contributed by atoms with Crippen LogP contribution in [0.25, 0.3) is 0 Å². The van der Waals surface area contributed by atoms with Crippen molar-refractivity contribution in [3.05, 3.63) is 9.81 Å². The summed E-state index contributed by atoms with van der Waals surface area (Å²) in [6, 6.07) is 0. The average molecular weight is 288 g/mol. The molecule has 3 nitrogen and oxygen atoms in total. The topological polar surface area (TPSA) is 35.5 Å². The maximum Gasteiger partial charge on any atom is 0.391 e. The van der Waals surface area contributed by atoms with Crippen LogP contribution in [0.4, 0.5) is 4.39 Å². The predicted molar refractivity (Wildman–Crippen MR) is 70.6 cm³/mol. The van der Waals surface area contributed by atoms with E-state index in [4.69, 9.17) is 9.05 Å². The minimum absolute atomic E-state index is 0.156. The molecule has 0 atom stereocenters. The number of rotatable bonds is 8. The fourth-order valence-corrected chi connectivity index (χ4v) is 4.65. The Kier molecular flexibility index (Phi) is 8.87. The van der Waals surface area contributed by atoms with E-state index in [1.807, 2.05) is 6.92 Å². The molecule has 0 amide bonds. The van der Waals surface area contributed by atoms with Gasteiger partial charge in [-0.15, -0.1) is 23.5 Å². The number of hydrogen-bond acceptors (Lipinski definition) is 5. The Morgan fingerprint density at radius 2 is 1.75 bits per heavy atom. The molecule has 0 saturated heterocycles. The van der Waals surface area contributed by atoms with Gasteiger partial charge in [0.2, 0.25) is 5.57 Å². The van der Waals surface area contributed by atoms with E-state index in [1.54, 1.807) is 20.1 Å². The van der Waals surface area contributed by atoms with Crippen molar-refractivity contribution in [1.29, 1.82) is 0 Å². The molecular formula is C9H18FO3PS2. The van der Waals surface area contributed by atoms with Gasteiger partial charge in [0.1, 0.15) is 0 Å². The lowest BCUT2D eigenvalue weighted by molar-refractivity contribution is 0.220. The van der Waals surface area contributed by atoms with Crippen molar-refractivity contribution in [2.75, 3.05) is 25.2 Å². The van der Waals surface area contributed by atoms with Crippen molar-refractivity contribution >= 4 is 31.1 Å². The van der Waals surface area contributed by atoms with E-state index >= 15 is 0 Å². The van der Waals surface area contributed by atoms with E-state index in [9.17, 15) is 8.96 Å². The smallest absolute Gasteiger partial charge is 0.304 e. The SMILES string of the molecule is CCOP(=O)(OCC)/C(F)=C(/SC)SCC. The highest BCUT2D eigenvalue weighted by molar-refractivity contribution is 8.22. The Balaban J connectivity index is 5.09. The fraction of sp³-hybridized carbons (Fsp3) is 0.778. The standard InChI is InChI=1S/C9H18FO3PS2/c1-5-12-14(11,13-6-2)8(10)9(15-4)16-7-3/h5-7H2,1-4H3/b9-8-. The van der Waals surface area contributed by atoms with Crippen molar-refractivity contribution in [2.24, 2.45) is 0 Å². The van der Waals surface area contributed by atoms with Crippen LogP contribution < -0.4 is 0 Å². The van der Waals surface area contributed by atoms with Gasteiger partial charge in [0.05, 0.1) is 17.5 Å². The summed E-state index contributed by atoms with van der Waals surface area (Å²) in [4.78, 5) is 0. The van der Waals surface area contributed by atoms with Crippen molar-refractivity contribution in [3.63, 3.8) is 0 Å². The van der Waals surface area contributed by atoms with Gasteiger partial charge in [-0.1, -0.05) is 6.92 Å². The number of halogens is 1. The van der Waals surface area contributed by atoms with E-state index in [1.165, 1.54) is 23.5 Å². The second-order valence-corrected chi connectivity index (χ2v) is 6.80. The maximum atomic E-state index is 14.0. The van der Waals surface area contributed by atoms with Crippen LogP contribution in [0.15, 0.2) is 9.81 Å². The van der Waals surface area contributed by atoms with Gasteiger partial charge in [-0.2, -0.15) is 4.39 Å². The van der Waals surface area contributed by atoms with Crippen LogP contribution in [-0.2, 0) is 13.6 Å². The molecule has 0 spiro atoms. The third kappa shape index (κ3) is 4.80. The first-order valence-corrected chi connectivity index (χ1v) is 8.77. The zero-order chi connectivity index (χ0) is 12.6. The summed E-state index contributed by atoms with van der Waals surface area (Å²) in [5.41, 5.74) is -0.768. The second kappa shape index (κ2) is 8.59. The first kappa shape index (κ1) is 16.5. The molecule has 0 heterocycles. The molecule has 0 aromatic rings. The minimum atomic E-state index is -3.74. The summed E-state index contributed by atoms with van der Waals surface area (Å²) in [5, 5.41) is 0. The largest absolute Gasteiger partial charge is 0.391 e. The monoisotopic (exact) mass is 288 g/mol. The third-order valence-corrected chi connectivity index (χ3v) is 5.80. The Labute approximate surface area is 105 Å². The summed E-state index contributed by atoms with van der Waals surface area (Å²) in [5.74, 6) is 0.710. The lowest BCUT2D eigenvalue weighted by Crippen LogP contribution is -1.97. The molecule has 0 aliphatic heterocycles. The van der Waals surface area contributed by atoms with Crippen LogP contribution in [0.3, 0.4) is 0 Å². The van der Waals surface area contributed by atoms with E-state index < -0.39 is 13.2 Å². The summed E-state index contributed by atoms with van der Waals surface area (Å²) in [7, 11) is -3.74. The van der Waals surface area contributed by atoms with E-state index in [2.05, 4.69) is 0 Å². The summed E-state index contributed by atoms with van der Waals surface area (Å²) in [6.07, 6.45) is 1.74. The molecule has 0 aromatic heterocycles. The molecule has 0 aliphatic rings. The van der Waals surface area contributed by atoms with Crippen LogP contribution in [-0.4, -0.2) is 25.2 Å². The van der Waals surface area contributed by atoms with Crippen LogP contribution in [0, 0.1) is 0 Å². The molecule has 7 heteroatoms. The fourth-order valence-electron chi connectivity index (χ4n) is 0.936. The van der Waals surface area contributed by atoms with E-state index in [-0.39, 0.29) is 13.2 Å². The highest BCUT2D eigenvalue weighted by atomic mass is 32.2. The molecule has 0 aliphatic carbocycles. The molecule has 0 aromatic carbocycles. The molecule has 0 N–H and O–H groups in total.